The third kappa shape index (κ3) is 4.46. The summed E-state index contributed by atoms with van der Waals surface area (Å²) >= 11 is -0.573. The number of nitrogens with one attached hydrogen (secondary N) is 1. The van der Waals surface area contributed by atoms with Crippen LogP contribution in [0, 0.1) is 0 Å². The third-order valence-electron chi connectivity index (χ3n) is 3.67. The van der Waals surface area contributed by atoms with Gasteiger partial charge in [-0.25, -0.2) is 14.1 Å². The van der Waals surface area contributed by atoms with Crippen molar-refractivity contribution in [1.82, 2.24) is 19.5 Å². The summed E-state index contributed by atoms with van der Waals surface area (Å²) in [5, 5.41) is 20.3. The maximum Gasteiger partial charge on any atom is 0.397 e. The molecular formula is C10H15N5O10P2S. The molecule has 18 heteroatoms. The lowest BCUT2D eigenvalue weighted by Gasteiger charge is -2.17. The first-order valence-electron chi connectivity index (χ1n) is 7.36. The van der Waals surface area contributed by atoms with Crippen molar-refractivity contribution < 1.29 is 43.3 Å². The Hall–Kier alpha value is -1.32. The number of rotatable bonds is 6. The molecule has 1 aliphatic heterocycles. The van der Waals surface area contributed by atoms with Crippen molar-refractivity contribution in [3.63, 3.8) is 0 Å². The smallest absolute Gasteiger partial charge is 0.387 e. The van der Waals surface area contributed by atoms with Crippen LogP contribution in [0.3, 0.4) is 0 Å². The maximum atomic E-state index is 11.8. The predicted molar refractivity (Wildman–Crippen MR) is 93.9 cm³/mol. The zero-order chi connectivity index (χ0) is 20.9. The Morgan fingerprint density at radius 1 is 1.32 bits per heavy atom. The number of nitrogens with two attached hydrogens (primary N) is 1. The van der Waals surface area contributed by atoms with Crippen molar-refractivity contribution in [2.45, 2.75) is 24.5 Å². The van der Waals surface area contributed by atoms with Gasteiger partial charge in [0.25, 0.3) is 5.56 Å². The second-order valence-corrected chi connectivity index (χ2v) is 12.8. The molecule has 15 nitrogen and oxygen atoms in total. The highest BCUT2D eigenvalue weighted by Crippen LogP contribution is 2.72. The van der Waals surface area contributed by atoms with Gasteiger partial charge in [0.05, 0.1) is 23.9 Å². The Labute approximate surface area is 158 Å². The Balaban J connectivity index is 1.79. The number of H-pyrrole nitrogens is 1. The van der Waals surface area contributed by atoms with E-state index in [0.29, 0.717) is 0 Å². The molecule has 0 amide bonds. The summed E-state index contributed by atoms with van der Waals surface area (Å²) in [5.74, 6) is -0.220. The van der Waals surface area contributed by atoms with Gasteiger partial charge in [-0.2, -0.15) is 4.98 Å². The number of anilines is 1. The number of fused-ring (bicyclic) bond motifs is 1. The Kier molecular flexibility index (Phi) is 5.73. The first kappa shape index (κ1) is 21.4. The number of aliphatic hydroxyl groups is 2. The molecule has 3 heterocycles. The number of ether oxygens (including phenoxy) is 1. The summed E-state index contributed by atoms with van der Waals surface area (Å²) in [5.41, 5.74) is 4.71. The Morgan fingerprint density at radius 3 is 2.64 bits per heavy atom. The largest absolute Gasteiger partial charge is 0.397 e. The van der Waals surface area contributed by atoms with E-state index in [9.17, 15) is 29.0 Å². The van der Waals surface area contributed by atoms with Crippen molar-refractivity contribution in [3.8, 4) is 0 Å². The number of hydrogen-bond donors (Lipinski definition) is 7. The minimum absolute atomic E-state index is 0.0380. The number of imidazole rings is 1. The maximum absolute atomic E-state index is 11.8. The van der Waals surface area contributed by atoms with Crippen LogP contribution in [0.4, 0.5) is 5.95 Å². The molecule has 0 bridgehead atoms. The van der Waals surface area contributed by atoms with Gasteiger partial charge in [0.15, 0.2) is 17.4 Å². The summed E-state index contributed by atoms with van der Waals surface area (Å²) in [6.07, 6.45) is -4.68. The van der Waals surface area contributed by atoms with Crippen LogP contribution in [-0.4, -0.2) is 69.3 Å². The van der Waals surface area contributed by atoms with E-state index in [-0.39, 0.29) is 17.1 Å². The van der Waals surface area contributed by atoms with Gasteiger partial charge in [0.1, 0.15) is 18.3 Å². The number of nitrogen functional groups attached to an aromatic ring is 1. The van der Waals surface area contributed by atoms with Crippen molar-refractivity contribution in [2.24, 2.45) is 0 Å². The van der Waals surface area contributed by atoms with Crippen LogP contribution in [0.5, 0.6) is 0 Å². The van der Waals surface area contributed by atoms with Gasteiger partial charge < -0.3 is 35.4 Å². The fourth-order valence-corrected chi connectivity index (χ4v) is 7.18. The highest BCUT2D eigenvalue weighted by Gasteiger charge is 2.46. The average Bonchev–Trinajstić information content (AvgIpc) is 3.06. The molecule has 5 atom stereocenters. The second kappa shape index (κ2) is 7.50. The van der Waals surface area contributed by atoms with E-state index in [1.165, 1.54) is 0 Å². The summed E-state index contributed by atoms with van der Waals surface area (Å²) in [6.45, 7) is -10.4. The summed E-state index contributed by atoms with van der Waals surface area (Å²) in [6, 6.07) is 0. The molecule has 0 saturated carbocycles. The molecule has 1 saturated heterocycles. The number of hydrogen-bond acceptors (Lipinski definition) is 11. The molecule has 0 aliphatic carbocycles. The molecule has 3 rings (SSSR count). The quantitative estimate of drug-likeness (QED) is 0.237. The number of aromatic nitrogens is 4. The summed E-state index contributed by atoms with van der Waals surface area (Å²) < 4.78 is 33.6. The van der Waals surface area contributed by atoms with E-state index in [4.69, 9.17) is 20.3 Å². The standard InChI is InChI=1S/C10H15N5O10P2S/c11-10-13-7-4(8(18)14-10)12-2-15(7)9-6(17)5(16)3(25-9)1-24-27(22,23)28-26(19,20)21/h2-3,5-6,9,16-17H,1H2,(H,22,23)(H2,19,20,21)(H3,11,13,14,18)/t3-,5-,6-,9-/m1/s1. The fourth-order valence-electron chi connectivity index (χ4n) is 2.55. The SMILES string of the molecule is Nc1nc2c(ncn2[C@@H]2O[C@H](COP(=O)(O)SP(=O)(O)O)[C@@H](O)[C@H]2O)c(=O)[nH]1. The zero-order valence-electron chi connectivity index (χ0n) is 13.6. The molecule has 1 unspecified atom stereocenters. The third-order valence-corrected chi connectivity index (χ3v) is 9.91. The molecule has 28 heavy (non-hydrogen) atoms. The molecule has 0 aromatic carbocycles. The van der Waals surface area contributed by atoms with E-state index in [1.807, 2.05) is 0 Å². The number of aromatic amines is 1. The molecular weight excluding hydrogens is 444 g/mol. The molecule has 8 N–H and O–H groups in total. The van der Waals surface area contributed by atoms with Gasteiger partial charge >= 0.3 is 13.6 Å². The molecule has 0 spiro atoms. The lowest BCUT2D eigenvalue weighted by atomic mass is 10.1. The van der Waals surface area contributed by atoms with E-state index < -0.39 is 61.3 Å². The van der Waals surface area contributed by atoms with Crippen molar-refractivity contribution in [1.29, 1.82) is 0 Å². The van der Waals surface area contributed by atoms with Crippen LogP contribution >= 0.6 is 24.6 Å². The summed E-state index contributed by atoms with van der Waals surface area (Å²) in [4.78, 5) is 48.7. The van der Waals surface area contributed by atoms with Crippen LogP contribution in [0.25, 0.3) is 11.2 Å². The van der Waals surface area contributed by atoms with Crippen LogP contribution in [0.15, 0.2) is 11.1 Å². The van der Waals surface area contributed by atoms with Crippen molar-refractivity contribution >= 4 is 41.7 Å². The van der Waals surface area contributed by atoms with Crippen LogP contribution in [-0.2, 0) is 18.4 Å². The Morgan fingerprint density at radius 2 is 2.00 bits per heavy atom. The number of nitrogens with zero attached hydrogens (tertiary/aromatic N) is 3. The molecule has 2 aromatic heterocycles. The first-order chi connectivity index (χ1) is 12.9. The first-order valence-corrected chi connectivity index (χ1v) is 12.6. The van der Waals surface area contributed by atoms with Gasteiger partial charge in [-0.15, -0.1) is 0 Å². The van der Waals surface area contributed by atoms with E-state index in [1.54, 1.807) is 0 Å². The highest BCUT2D eigenvalue weighted by molar-refractivity contribution is 8.84. The second-order valence-electron chi connectivity index (χ2n) is 5.66. The van der Waals surface area contributed by atoms with Gasteiger partial charge in [-0.3, -0.25) is 18.9 Å². The van der Waals surface area contributed by atoms with Crippen molar-refractivity contribution in [3.05, 3.63) is 16.7 Å². The van der Waals surface area contributed by atoms with Gasteiger partial charge in [-0.05, 0) is 0 Å². The molecule has 1 aliphatic rings. The lowest BCUT2D eigenvalue weighted by molar-refractivity contribution is -0.0478. The van der Waals surface area contributed by atoms with Crippen LogP contribution in [0.2, 0.25) is 0 Å². The molecule has 2 aromatic rings. The molecule has 156 valence electrons. The predicted octanol–water partition coefficient (Wildman–Crippen LogP) is -1.74. The van der Waals surface area contributed by atoms with E-state index in [0.717, 1.165) is 10.9 Å². The minimum atomic E-state index is -4.90. The monoisotopic (exact) mass is 459 g/mol. The van der Waals surface area contributed by atoms with Crippen LogP contribution in [0.1, 0.15) is 6.23 Å². The lowest BCUT2D eigenvalue weighted by Crippen LogP contribution is -2.33. The summed E-state index contributed by atoms with van der Waals surface area (Å²) in [7, 11) is 0. The topological polar surface area (TPSA) is 243 Å². The van der Waals surface area contributed by atoms with Gasteiger partial charge in [0, 0.05) is 0 Å². The molecule has 1 fully saturated rings. The molecule has 0 radical (unpaired) electrons. The normalized spacial score (nSPS) is 27.9. The fraction of sp³-hybridized carbons (Fsp3) is 0.500. The number of aliphatic hydroxyl groups excluding tert-OH is 2. The highest BCUT2D eigenvalue weighted by atomic mass is 33.1. The van der Waals surface area contributed by atoms with Crippen molar-refractivity contribution in [2.75, 3.05) is 12.3 Å². The Bertz CT molecular complexity index is 1040. The minimum Gasteiger partial charge on any atom is -0.387 e. The van der Waals surface area contributed by atoms with E-state index in [2.05, 4.69) is 19.5 Å². The van der Waals surface area contributed by atoms with E-state index >= 15 is 0 Å². The van der Waals surface area contributed by atoms with Crippen LogP contribution < -0.4 is 11.3 Å². The zero-order valence-corrected chi connectivity index (χ0v) is 16.2. The van der Waals surface area contributed by atoms with Gasteiger partial charge in [-0.1, -0.05) is 0 Å². The average molecular weight is 459 g/mol. The van der Waals surface area contributed by atoms with Gasteiger partial charge in [0.2, 0.25) is 5.95 Å².